The number of H-pyrrole nitrogens is 1. The topological polar surface area (TPSA) is 57.7 Å². The molecule has 0 amide bonds. The standard InChI is InChI=1S/C15H17N5S/c1-2-7-20(14(3-1)15-16-6-8-21-15)10-11-4-5-12-13(9-11)18-19-17-12/h4-6,8-9,14H,1-3,7,10H2,(H,17,18,19). The van der Waals surface area contributed by atoms with Crippen molar-refractivity contribution in [2.75, 3.05) is 6.54 Å². The molecule has 1 atom stereocenters. The average Bonchev–Trinajstić information content (AvgIpc) is 3.19. The Bertz CT molecular complexity index is 721. The Morgan fingerprint density at radius 3 is 3.10 bits per heavy atom. The zero-order valence-corrected chi connectivity index (χ0v) is 12.5. The summed E-state index contributed by atoms with van der Waals surface area (Å²) in [4.78, 5) is 7.07. The van der Waals surface area contributed by atoms with Crippen LogP contribution in [0.3, 0.4) is 0 Å². The number of likely N-dealkylation sites (tertiary alicyclic amines) is 1. The van der Waals surface area contributed by atoms with Gasteiger partial charge in [0.15, 0.2) is 0 Å². The molecule has 0 radical (unpaired) electrons. The second kappa shape index (κ2) is 5.54. The van der Waals surface area contributed by atoms with Gasteiger partial charge in [0.05, 0.1) is 6.04 Å². The van der Waals surface area contributed by atoms with Crippen molar-refractivity contribution in [1.29, 1.82) is 0 Å². The van der Waals surface area contributed by atoms with Gasteiger partial charge in [0.2, 0.25) is 0 Å². The van der Waals surface area contributed by atoms with E-state index in [1.54, 1.807) is 11.3 Å². The first-order valence-corrected chi connectivity index (χ1v) is 8.21. The van der Waals surface area contributed by atoms with Gasteiger partial charge in [0, 0.05) is 18.1 Å². The predicted molar refractivity (Wildman–Crippen MR) is 83.0 cm³/mol. The molecule has 1 aliphatic rings. The van der Waals surface area contributed by atoms with E-state index in [1.165, 1.54) is 29.8 Å². The minimum Gasteiger partial charge on any atom is -0.290 e. The van der Waals surface area contributed by atoms with Gasteiger partial charge in [-0.15, -0.1) is 11.3 Å². The lowest BCUT2D eigenvalue weighted by Gasteiger charge is -2.34. The third-order valence-electron chi connectivity index (χ3n) is 4.12. The number of hydrogen-bond donors (Lipinski definition) is 1. The maximum absolute atomic E-state index is 4.52. The summed E-state index contributed by atoms with van der Waals surface area (Å²) in [5.41, 5.74) is 3.16. The molecule has 4 rings (SSSR count). The number of hydrogen-bond acceptors (Lipinski definition) is 5. The number of thiazole rings is 1. The zero-order chi connectivity index (χ0) is 14.1. The van der Waals surface area contributed by atoms with Crippen molar-refractivity contribution in [2.45, 2.75) is 31.8 Å². The lowest BCUT2D eigenvalue weighted by molar-refractivity contribution is 0.140. The number of nitrogens with zero attached hydrogens (tertiary/aromatic N) is 4. The van der Waals surface area contributed by atoms with E-state index in [0.29, 0.717) is 6.04 Å². The lowest BCUT2D eigenvalue weighted by atomic mass is 10.0. The molecule has 0 bridgehead atoms. The van der Waals surface area contributed by atoms with E-state index in [4.69, 9.17) is 0 Å². The van der Waals surface area contributed by atoms with Crippen molar-refractivity contribution >= 4 is 22.4 Å². The van der Waals surface area contributed by atoms with Crippen molar-refractivity contribution in [1.82, 2.24) is 25.3 Å². The molecular formula is C15H17N5S. The Hall–Kier alpha value is -1.79. The first kappa shape index (κ1) is 12.9. The first-order valence-electron chi connectivity index (χ1n) is 7.33. The highest BCUT2D eigenvalue weighted by Crippen LogP contribution is 2.33. The highest BCUT2D eigenvalue weighted by molar-refractivity contribution is 7.09. The van der Waals surface area contributed by atoms with Gasteiger partial charge in [-0.25, -0.2) is 4.98 Å². The van der Waals surface area contributed by atoms with E-state index in [2.05, 4.69) is 42.8 Å². The monoisotopic (exact) mass is 299 g/mol. The summed E-state index contributed by atoms with van der Waals surface area (Å²) >= 11 is 1.77. The van der Waals surface area contributed by atoms with Gasteiger partial charge in [-0.1, -0.05) is 12.5 Å². The highest BCUT2D eigenvalue weighted by atomic mass is 32.1. The number of benzene rings is 1. The quantitative estimate of drug-likeness (QED) is 0.807. The van der Waals surface area contributed by atoms with Crippen LogP contribution in [-0.2, 0) is 6.54 Å². The average molecular weight is 299 g/mol. The van der Waals surface area contributed by atoms with E-state index in [1.807, 2.05) is 12.3 Å². The summed E-state index contributed by atoms with van der Waals surface area (Å²) in [5, 5.41) is 14.3. The van der Waals surface area contributed by atoms with Gasteiger partial charge in [0.1, 0.15) is 16.0 Å². The SMILES string of the molecule is c1csc(C2CCCCN2Cc2ccc3n[nH]nc3c2)n1. The normalized spacial score (nSPS) is 20.1. The van der Waals surface area contributed by atoms with Crippen LogP contribution in [0.15, 0.2) is 29.8 Å². The Kier molecular flexibility index (Phi) is 3.40. The largest absolute Gasteiger partial charge is 0.290 e. The van der Waals surface area contributed by atoms with Crippen LogP contribution in [0.5, 0.6) is 0 Å². The van der Waals surface area contributed by atoms with Crippen LogP contribution >= 0.6 is 11.3 Å². The summed E-state index contributed by atoms with van der Waals surface area (Å²) in [6.45, 7) is 2.09. The minimum absolute atomic E-state index is 0.465. The van der Waals surface area contributed by atoms with E-state index < -0.39 is 0 Å². The molecule has 6 heteroatoms. The molecule has 1 fully saturated rings. The fraction of sp³-hybridized carbons (Fsp3) is 0.400. The Balaban J connectivity index is 1.58. The number of nitrogens with one attached hydrogen (secondary N) is 1. The van der Waals surface area contributed by atoms with Crippen molar-refractivity contribution in [3.8, 4) is 0 Å². The fourth-order valence-electron chi connectivity index (χ4n) is 3.08. The number of aromatic amines is 1. The van der Waals surface area contributed by atoms with Crippen molar-refractivity contribution in [3.63, 3.8) is 0 Å². The Labute approximate surface area is 127 Å². The van der Waals surface area contributed by atoms with Gasteiger partial charge in [0.25, 0.3) is 0 Å². The molecule has 108 valence electrons. The van der Waals surface area contributed by atoms with Crippen LogP contribution in [0.2, 0.25) is 0 Å². The molecule has 21 heavy (non-hydrogen) atoms. The third kappa shape index (κ3) is 2.56. The van der Waals surface area contributed by atoms with E-state index >= 15 is 0 Å². The molecule has 1 N–H and O–H groups in total. The van der Waals surface area contributed by atoms with Gasteiger partial charge in [-0.05, 0) is 37.1 Å². The predicted octanol–water partition coefficient (Wildman–Crippen LogP) is 3.14. The van der Waals surface area contributed by atoms with Crippen LogP contribution < -0.4 is 0 Å². The van der Waals surface area contributed by atoms with Gasteiger partial charge in [-0.2, -0.15) is 15.4 Å². The summed E-state index contributed by atoms with van der Waals surface area (Å²) in [6, 6.07) is 6.79. The number of fused-ring (bicyclic) bond motifs is 1. The molecule has 0 saturated carbocycles. The maximum atomic E-state index is 4.52. The minimum atomic E-state index is 0.465. The van der Waals surface area contributed by atoms with E-state index in [-0.39, 0.29) is 0 Å². The van der Waals surface area contributed by atoms with Crippen LogP contribution in [0.25, 0.3) is 11.0 Å². The molecule has 1 saturated heterocycles. The second-order valence-corrected chi connectivity index (χ2v) is 6.43. The van der Waals surface area contributed by atoms with Crippen molar-refractivity contribution in [2.24, 2.45) is 0 Å². The van der Waals surface area contributed by atoms with Crippen molar-refractivity contribution in [3.05, 3.63) is 40.3 Å². The second-order valence-electron chi connectivity index (χ2n) is 5.50. The maximum Gasteiger partial charge on any atom is 0.113 e. The zero-order valence-electron chi connectivity index (χ0n) is 11.7. The molecule has 0 aliphatic carbocycles. The molecule has 1 aliphatic heterocycles. The molecule has 3 aromatic rings. The molecule has 0 spiro atoms. The van der Waals surface area contributed by atoms with E-state index in [9.17, 15) is 0 Å². The smallest absolute Gasteiger partial charge is 0.113 e. The Morgan fingerprint density at radius 1 is 1.24 bits per heavy atom. The van der Waals surface area contributed by atoms with Crippen LogP contribution in [0, 0.1) is 0 Å². The molecular weight excluding hydrogens is 282 g/mol. The van der Waals surface area contributed by atoms with Crippen LogP contribution in [0.1, 0.15) is 35.9 Å². The van der Waals surface area contributed by atoms with Gasteiger partial charge in [-0.3, -0.25) is 4.90 Å². The molecule has 1 aromatic carbocycles. The Morgan fingerprint density at radius 2 is 2.19 bits per heavy atom. The fourth-order valence-corrected chi connectivity index (χ4v) is 3.88. The number of aromatic nitrogens is 4. The summed E-state index contributed by atoms with van der Waals surface area (Å²) < 4.78 is 0. The van der Waals surface area contributed by atoms with Crippen molar-refractivity contribution < 1.29 is 0 Å². The van der Waals surface area contributed by atoms with Gasteiger partial charge < -0.3 is 0 Å². The summed E-state index contributed by atoms with van der Waals surface area (Å²) in [6.07, 6.45) is 5.69. The summed E-state index contributed by atoms with van der Waals surface area (Å²) in [7, 11) is 0. The summed E-state index contributed by atoms with van der Waals surface area (Å²) in [5.74, 6) is 0. The molecule has 1 unspecified atom stereocenters. The van der Waals surface area contributed by atoms with Crippen LogP contribution in [-0.4, -0.2) is 31.8 Å². The molecule has 3 heterocycles. The van der Waals surface area contributed by atoms with Gasteiger partial charge >= 0.3 is 0 Å². The molecule has 2 aromatic heterocycles. The number of piperidine rings is 1. The number of rotatable bonds is 3. The highest BCUT2D eigenvalue weighted by Gasteiger charge is 2.25. The lowest BCUT2D eigenvalue weighted by Crippen LogP contribution is -2.32. The van der Waals surface area contributed by atoms with E-state index in [0.717, 1.165) is 24.1 Å². The van der Waals surface area contributed by atoms with Crippen LogP contribution in [0.4, 0.5) is 0 Å². The molecule has 5 nitrogen and oxygen atoms in total. The third-order valence-corrected chi connectivity index (χ3v) is 4.99. The first-order chi connectivity index (χ1) is 10.4.